The Hall–Kier alpha value is -3.02. The Morgan fingerprint density at radius 1 is 1.18 bits per heavy atom. The van der Waals surface area contributed by atoms with Crippen LogP contribution in [0.5, 0.6) is 0 Å². The van der Waals surface area contributed by atoms with Crippen molar-refractivity contribution >= 4 is 28.5 Å². The molecule has 0 radical (unpaired) electrons. The third kappa shape index (κ3) is 2.46. The summed E-state index contributed by atoms with van der Waals surface area (Å²) in [7, 11) is 0. The molecule has 1 amide bonds. The molecule has 2 heterocycles. The first-order chi connectivity index (χ1) is 10.6. The molecule has 22 heavy (non-hydrogen) atoms. The third-order valence-corrected chi connectivity index (χ3v) is 3.41. The number of carboxylic acid groups (broad SMARTS) is 1. The minimum Gasteiger partial charge on any atom is -0.475 e. The topological polar surface area (TPSA) is 84.5 Å². The van der Waals surface area contributed by atoms with E-state index in [1.165, 1.54) is 12.1 Å². The summed E-state index contributed by atoms with van der Waals surface area (Å²) in [6, 6.07) is 10.2. The molecule has 0 spiro atoms. The van der Waals surface area contributed by atoms with Gasteiger partial charge in [0.1, 0.15) is 0 Å². The van der Waals surface area contributed by atoms with Gasteiger partial charge in [-0.3, -0.25) is 4.79 Å². The van der Waals surface area contributed by atoms with Gasteiger partial charge in [0.2, 0.25) is 5.76 Å². The van der Waals surface area contributed by atoms with E-state index in [2.05, 4.69) is 16.8 Å². The second-order valence-electron chi connectivity index (χ2n) is 4.80. The Bertz CT molecular complexity index is 860. The van der Waals surface area contributed by atoms with Crippen molar-refractivity contribution in [2.75, 3.05) is 5.32 Å². The molecule has 0 saturated carbocycles. The average molecular weight is 298 g/mol. The Balaban J connectivity index is 1.82. The zero-order valence-electron chi connectivity index (χ0n) is 11.9. The van der Waals surface area contributed by atoms with Gasteiger partial charge >= 0.3 is 5.97 Å². The lowest BCUT2D eigenvalue weighted by Crippen LogP contribution is -2.10. The number of aryl methyl sites for hydroxylation is 1. The van der Waals surface area contributed by atoms with Crippen molar-refractivity contribution in [1.29, 1.82) is 0 Å². The van der Waals surface area contributed by atoms with Gasteiger partial charge in [0.15, 0.2) is 5.76 Å². The molecule has 2 aromatic heterocycles. The van der Waals surface area contributed by atoms with Gasteiger partial charge in [-0.2, -0.15) is 0 Å². The third-order valence-electron chi connectivity index (χ3n) is 3.41. The smallest absolute Gasteiger partial charge is 0.371 e. The van der Waals surface area contributed by atoms with E-state index in [0.29, 0.717) is 5.69 Å². The lowest BCUT2D eigenvalue weighted by atomic mass is 10.2. The van der Waals surface area contributed by atoms with Crippen molar-refractivity contribution < 1.29 is 19.1 Å². The highest BCUT2D eigenvalue weighted by molar-refractivity contribution is 6.03. The van der Waals surface area contributed by atoms with Crippen LogP contribution in [-0.2, 0) is 6.54 Å². The number of nitrogens with zero attached hydrogens (tertiary/aromatic N) is 1. The van der Waals surface area contributed by atoms with Gasteiger partial charge in [0.25, 0.3) is 5.91 Å². The number of aromatic nitrogens is 1. The number of carbonyl (C=O) groups excluding carboxylic acids is 1. The summed E-state index contributed by atoms with van der Waals surface area (Å²) < 4.78 is 7.08. The number of hydrogen-bond donors (Lipinski definition) is 2. The van der Waals surface area contributed by atoms with Gasteiger partial charge in [-0.15, -0.1) is 0 Å². The number of benzene rings is 1. The molecule has 0 bridgehead atoms. The maximum atomic E-state index is 12.0. The molecule has 2 N–H and O–H groups in total. The van der Waals surface area contributed by atoms with Crippen molar-refractivity contribution in [2.24, 2.45) is 0 Å². The van der Waals surface area contributed by atoms with Crippen molar-refractivity contribution in [3.8, 4) is 0 Å². The van der Waals surface area contributed by atoms with Gasteiger partial charge in [0.05, 0.1) is 0 Å². The SMILES string of the molecule is CCn1ccc2cc(NC(=O)c3ccc(C(=O)O)o3)ccc21. The molecule has 0 aliphatic heterocycles. The fourth-order valence-corrected chi connectivity index (χ4v) is 2.32. The number of hydrogen-bond acceptors (Lipinski definition) is 3. The first-order valence-electron chi connectivity index (χ1n) is 6.82. The molecular formula is C16H14N2O4. The largest absolute Gasteiger partial charge is 0.475 e. The van der Waals surface area contributed by atoms with Crippen LogP contribution in [0.2, 0.25) is 0 Å². The summed E-state index contributed by atoms with van der Waals surface area (Å²) in [5, 5.41) is 12.5. The zero-order valence-corrected chi connectivity index (χ0v) is 11.9. The Morgan fingerprint density at radius 2 is 1.95 bits per heavy atom. The molecule has 1 aromatic carbocycles. The number of nitrogens with one attached hydrogen (secondary N) is 1. The number of fused-ring (bicyclic) bond motifs is 1. The number of amides is 1. The van der Waals surface area contributed by atoms with Crippen molar-refractivity contribution in [2.45, 2.75) is 13.5 Å². The maximum absolute atomic E-state index is 12.0. The van der Waals surface area contributed by atoms with Crippen LogP contribution < -0.4 is 5.32 Å². The lowest BCUT2D eigenvalue weighted by molar-refractivity contribution is 0.0660. The van der Waals surface area contributed by atoms with E-state index in [-0.39, 0.29) is 11.5 Å². The summed E-state index contributed by atoms with van der Waals surface area (Å²) in [6.07, 6.45) is 1.99. The highest BCUT2D eigenvalue weighted by Crippen LogP contribution is 2.21. The van der Waals surface area contributed by atoms with Gasteiger partial charge in [0, 0.05) is 29.3 Å². The Kier molecular flexibility index (Phi) is 3.42. The zero-order chi connectivity index (χ0) is 15.7. The highest BCUT2D eigenvalue weighted by atomic mass is 16.4. The number of furan rings is 1. The maximum Gasteiger partial charge on any atom is 0.371 e. The number of carboxylic acids is 1. The van der Waals surface area contributed by atoms with E-state index in [0.717, 1.165) is 17.4 Å². The standard InChI is InChI=1S/C16H14N2O4/c1-2-18-8-7-10-9-11(3-4-12(10)18)17-15(19)13-5-6-14(22-13)16(20)21/h3-9H,2H2,1H3,(H,17,19)(H,20,21). The summed E-state index contributed by atoms with van der Waals surface area (Å²) in [4.78, 5) is 22.8. The summed E-state index contributed by atoms with van der Waals surface area (Å²) >= 11 is 0. The second kappa shape index (κ2) is 5.40. The van der Waals surface area contributed by atoms with Crippen LogP contribution in [0, 0.1) is 0 Å². The predicted molar refractivity (Wildman–Crippen MR) is 81.2 cm³/mol. The minimum absolute atomic E-state index is 0.0383. The second-order valence-corrected chi connectivity index (χ2v) is 4.80. The Morgan fingerprint density at radius 3 is 2.64 bits per heavy atom. The monoisotopic (exact) mass is 298 g/mol. The van der Waals surface area contributed by atoms with Crippen LogP contribution in [0.15, 0.2) is 47.0 Å². The van der Waals surface area contributed by atoms with Gasteiger partial charge in [-0.05, 0) is 43.3 Å². The van der Waals surface area contributed by atoms with E-state index in [1.54, 1.807) is 6.07 Å². The number of carbonyl (C=O) groups is 2. The van der Waals surface area contributed by atoms with Crippen molar-refractivity contribution in [3.63, 3.8) is 0 Å². The molecule has 0 aliphatic rings. The Labute approximate surface area is 126 Å². The number of aromatic carboxylic acids is 1. The molecule has 0 fully saturated rings. The van der Waals surface area contributed by atoms with Crippen molar-refractivity contribution in [3.05, 3.63) is 54.1 Å². The predicted octanol–water partition coefficient (Wildman–Crippen LogP) is 3.20. The molecule has 6 heteroatoms. The van der Waals surface area contributed by atoms with E-state index >= 15 is 0 Å². The quantitative estimate of drug-likeness (QED) is 0.774. The van der Waals surface area contributed by atoms with Crippen LogP contribution in [0.25, 0.3) is 10.9 Å². The van der Waals surface area contributed by atoms with Gasteiger partial charge in [-0.25, -0.2) is 4.79 Å². The first-order valence-corrected chi connectivity index (χ1v) is 6.82. The van der Waals surface area contributed by atoms with E-state index in [4.69, 9.17) is 9.52 Å². The molecule has 0 atom stereocenters. The number of anilines is 1. The lowest BCUT2D eigenvalue weighted by Gasteiger charge is -2.05. The summed E-state index contributed by atoms with van der Waals surface area (Å²) in [6.45, 7) is 2.94. The molecule has 0 saturated heterocycles. The molecule has 0 aliphatic carbocycles. The minimum atomic E-state index is -1.21. The van der Waals surface area contributed by atoms with Gasteiger partial charge in [-0.1, -0.05) is 0 Å². The molecule has 6 nitrogen and oxygen atoms in total. The fraction of sp³-hybridized carbons (Fsp3) is 0.125. The van der Waals surface area contributed by atoms with Crippen LogP contribution >= 0.6 is 0 Å². The van der Waals surface area contributed by atoms with Crippen LogP contribution in [0.3, 0.4) is 0 Å². The highest BCUT2D eigenvalue weighted by Gasteiger charge is 2.15. The van der Waals surface area contributed by atoms with Crippen LogP contribution in [0.4, 0.5) is 5.69 Å². The molecule has 3 aromatic rings. The van der Waals surface area contributed by atoms with Crippen molar-refractivity contribution in [1.82, 2.24) is 4.57 Å². The summed E-state index contributed by atoms with van der Waals surface area (Å²) in [5.41, 5.74) is 1.71. The fourth-order valence-electron chi connectivity index (χ4n) is 2.32. The first kappa shape index (κ1) is 13.9. The van der Waals surface area contributed by atoms with E-state index in [9.17, 15) is 9.59 Å². The molecular weight excluding hydrogens is 284 g/mol. The number of rotatable bonds is 4. The molecule has 3 rings (SSSR count). The summed E-state index contributed by atoms with van der Waals surface area (Å²) in [5.74, 6) is -1.99. The van der Waals surface area contributed by atoms with Gasteiger partial charge < -0.3 is 19.4 Å². The van der Waals surface area contributed by atoms with E-state index < -0.39 is 11.9 Å². The molecule has 112 valence electrons. The van der Waals surface area contributed by atoms with Crippen LogP contribution in [0.1, 0.15) is 28.0 Å². The normalized spacial score (nSPS) is 10.8. The average Bonchev–Trinajstić information content (AvgIpc) is 3.13. The molecule has 0 unspecified atom stereocenters. The van der Waals surface area contributed by atoms with E-state index in [1.807, 2.05) is 24.4 Å². The van der Waals surface area contributed by atoms with Crippen LogP contribution in [-0.4, -0.2) is 21.6 Å².